The molecule has 0 aromatic carbocycles. The summed E-state index contributed by atoms with van der Waals surface area (Å²) in [5, 5.41) is 3.78. The maximum Gasteiger partial charge on any atom is 0.232 e. The van der Waals surface area contributed by atoms with Crippen LogP contribution < -0.4 is 5.73 Å². The van der Waals surface area contributed by atoms with Crippen LogP contribution in [0.4, 0.5) is 0 Å². The second kappa shape index (κ2) is 4.06. The lowest BCUT2D eigenvalue weighted by Gasteiger charge is -2.11. The van der Waals surface area contributed by atoms with Gasteiger partial charge in [-0.05, 0) is 12.8 Å². The summed E-state index contributed by atoms with van der Waals surface area (Å²) in [6.07, 6.45) is 2.16. The molecule has 1 aliphatic heterocycles. The Labute approximate surface area is 82.6 Å². The fourth-order valence-electron chi connectivity index (χ4n) is 1.83. The second-order valence-corrected chi connectivity index (χ2v) is 3.47. The Morgan fingerprint density at radius 3 is 3.07 bits per heavy atom. The average molecular weight is 197 g/mol. The van der Waals surface area contributed by atoms with Gasteiger partial charge in [-0.15, -0.1) is 0 Å². The van der Waals surface area contributed by atoms with Gasteiger partial charge in [-0.2, -0.15) is 4.98 Å². The Morgan fingerprint density at radius 1 is 1.57 bits per heavy atom. The van der Waals surface area contributed by atoms with Gasteiger partial charge in [0.25, 0.3) is 0 Å². The number of hydrogen-bond acceptors (Lipinski definition) is 5. The molecule has 1 aromatic heterocycles. The van der Waals surface area contributed by atoms with Crippen molar-refractivity contribution in [2.24, 2.45) is 5.73 Å². The number of ether oxygens (including phenoxy) is 1. The largest absolute Gasteiger partial charge is 0.377 e. The highest BCUT2D eigenvalue weighted by molar-refractivity contribution is 4.99. The molecule has 2 atom stereocenters. The van der Waals surface area contributed by atoms with Crippen molar-refractivity contribution < 1.29 is 9.26 Å². The van der Waals surface area contributed by atoms with E-state index < -0.39 is 0 Å². The zero-order valence-corrected chi connectivity index (χ0v) is 8.27. The fourth-order valence-corrected chi connectivity index (χ4v) is 1.83. The first kappa shape index (κ1) is 9.61. The van der Waals surface area contributed by atoms with E-state index in [1.54, 1.807) is 0 Å². The highest BCUT2D eigenvalue weighted by Crippen LogP contribution is 2.31. The van der Waals surface area contributed by atoms with E-state index in [-0.39, 0.29) is 12.0 Å². The van der Waals surface area contributed by atoms with Gasteiger partial charge in [-0.3, -0.25) is 0 Å². The van der Waals surface area contributed by atoms with Crippen molar-refractivity contribution in [3.63, 3.8) is 0 Å². The molecule has 78 valence electrons. The Kier molecular flexibility index (Phi) is 2.79. The summed E-state index contributed by atoms with van der Waals surface area (Å²) in [4.78, 5) is 4.23. The summed E-state index contributed by atoms with van der Waals surface area (Å²) in [6, 6.07) is 0. The van der Waals surface area contributed by atoms with Crippen LogP contribution in [0.25, 0.3) is 0 Å². The molecule has 2 N–H and O–H groups in total. The molecular formula is C9H15N3O2. The van der Waals surface area contributed by atoms with Crippen LogP contribution in [0.1, 0.15) is 37.4 Å². The summed E-state index contributed by atoms with van der Waals surface area (Å²) >= 11 is 0. The van der Waals surface area contributed by atoms with E-state index >= 15 is 0 Å². The number of aromatic nitrogens is 2. The minimum Gasteiger partial charge on any atom is -0.377 e. The third-order valence-corrected chi connectivity index (χ3v) is 2.60. The smallest absolute Gasteiger partial charge is 0.232 e. The Hall–Kier alpha value is -0.940. The lowest BCUT2D eigenvalue weighted by molar-refractivity contribution is 0.0953. The van der Waals surface area contributed by atoms with Crippen LogP contribution >= 0.6 is 0 Å². The summed E-state index contributed by atoms with van der Waals surface area (Å²) in [6.45, 7) is 3.21. The van der Waals surface area contributed by atoms with Crippen molar-refractivity contribution in [3.05, 3.63) is 11.7 Å². The van der Waals surface area contributed by atoms with Crippen LogP contribution in [0.15, 0.2) is 4.52 Å². The van der Waals surface area contributed by atoms with E-state index in [0.717, 1.165) is 19.4 Å². The van der Waals surface area contributed by atoms with Crippen molar-refractivity contribution in [2.75, 3.05) is 6.61 Å². The molecule has 2 rings (SSSR count). The number of nitrogens with zero attached hydrogens (tertiary/aromatic N) is 2. The molecule has 0 radical (unpaired) electrons. The van der Waals surface area contributed by atoms with E-state index in [4.69, 9.17) is 15.0 Å². The van der Waals surface area contributed by atoms with Crippen molar-refractivity contribution in [1.82, 2.24) is 10.1 Å². The normalized spacial score (nSPS) is 27.0. The van der Waals surface area contributed by atoms with Gasteiger partial charge in [0.1, 0.15) is 0 Å². The number of hydrogen-bond donors (Lipinski definition) is 1. The van der Waals surface area contributed by atoms with Crippen LogP contribution in [0, 0.1) is 0 Å². The van der Waals surface area contributed by atoms with Gasteiger partial charge < -0.3 is 15.0 Å². The van der Waals surface area contributed by atoms with Gasteiger partial charge in [-0.25, -0.2) is 0 Å². The molecular weight excluding hydrogens is 182 g/mol. The van der Waals surface area contributed by atoms with E-state index in [0.29, 0.717) is 18.3 Å². The number of nitrogens with two attached hydrogens (primary N) is 1. The number of rotatable bonds is 3. The maximum absolute atomic E-state index is 5.55. The predicted octanol–water partition coefficient (Wildman–Crippen LogP) is 0.811. The third kappa shape index (κ3) is 1.65. The molecule has 1 aliphatic rings. The Bertz CT molecular complexity index is 300. The van der Waals surface area contributed by atoms with Crippen LogP contribution in [-0.4, -0.2) is 22.9 Å². The summed E-state index contributed by atoms with van der Waals surface area (Å²) < 4.78 is 10.7. The molecule has 2 unspecified atom stereocenters. The molecule has 0 bridgehead atoms. The minimum absolute atomic E-state index is 0.223. The van der Waals surface area contributed by atoms with Gasteiger partial charge in [-0.1, -0.05) is 12.1 Å². The fraction of sp³-hybridized carbons (Fsp3) is 0.778. The summed E-state index contributed by atoms with van der Waals surface area (Å²) in [7, 11) is 0. The van der Waals surface area contributed by atoms with Crippen LogP contribution in [0.5, 0.6) is 0 Å². The topological polar surface area (TPSA) is 74.2 Å². The maximum atomic E-state index is 5.55. The van der Waals surface area contributed by atoms with Crippen LogP contribution in [0.2, 0.25) is 0 Å². The first-order valence-corrected chi connectivity index (χ1v) is 4.99. The van der Waals surface area contributed by atoms with Crippen LogP contribution in [0.3, 0.4) is 0 Å². The molecule has 14 heavy (non-hydrogen) atoms. The standard InChI is InChI=1S/C9H15N3O2/c1-2-7-6(3-4-13-7)9-11-8(5-10)12-14-9/h6-7H,2-5,10H2,1H3. The molecule has 5 heteroatoms. The van der Waals surface area contributed by atoms with Gasteiger partial charge in [0, 0.05) is 6.61 Å². The molecule has 1 saturated heterocycles. The Morgan fingerprint density at radius 2 is 2.43 bits per heavy atom. The van der Waals surface area contributed by atoms with E-state index in [1.165, 1.54) is 0 Å². The second-order valence-electron chi connectivity index (χ2n) is 3.47. The summed E-state index contributed by atoms with van der Waals surface area (Å²) in [5.41, 5.74) is 5.41. The first-order chi connectivity index (χ1) is 6.85. The van der Waals surface area contributed by atoms with Crippen LogP contribution in [-0.2, 0) is 11.3 Å². The van der Waals surface area contributed by atoms with Crippen molar-refractivity contribution >= 4 is 0 Å². The molecule has 0 spiro atoms. The van der Waals surface area contributed by atoms with Gasteiger partial charge in [0.2, 0.25) is 5.89 Å². The predicted molar refractivity (Wildman–Crippen MR) is 49.6 cm³/mol. The van der Waals surface area contributed by atoms with Crippen molar-refractivity contribution in [1.29, 1.82) is 0 Å². The molecule has 1 fully saturated rings. The zero-order valence-electron chi connectivity index (χ0n) is 8.27. The van der Waals surface area contributed by atoms with Gasteiger partial charge in [0.15, 0.2) is 5.82 Å². The lowest BCUT2D eigenvalue weighted by Crippen LogP contribution is -2.13. The zero-order chi connectivity index (χ0) is 9.97. The van der Waals surface area contributed by atoms with E-state index in [1.807, 2.05) is 0 Å². The molecule has 0 aliphatic carbocycles. The molecule has 2 heterocycles. The molecule has 0 saturated carbocycles. The van der Waals surface area contributed by atoms with E-state index in [2.05, 4.69) is 17.1 Å². The molecule has 0 amide bonds. The first-order valence-electron chi connectivity index (χ1n) is 4.99. The summed E-state index contributed by atoms with van der Waals surface area (Å²) in [5.74, 6) is 1.50. The minimum atomic E-state index is 0.223. The highest BCUT2D eigenvalue weighted by Gasteiger charge is 2.32. The van der Waals surface area contributed by atoms with Crippen molar-refractivity contribution in [3.8, 4) is 0 Å². The van der Waals surface area contributed by atoms with Gasteiger partial charge >= 0.3 is 0 Å². The lowest BCUT2D eigenvalue weighted by atomic mass is 10.00. The molecule has 5 nitrogen and oxygen atoms in total. The third-order valence-electron chi connectivity index (χ3n) is 2.60. The Balaban J connectivity index is 2.13. The van der Waals surface area contributed by atoms with E-state index in [9.17, 15) is 0 Å². The highest BCUT2D eigenvalue weighted by atomic mass is 16.5. The quantitative estimate of drug-likeness (QED) is 0.776. The SMILES string of the molecule is CCC1OCCC1c1nc(CN)no1. The van der Waals surface area contributed by atoms with Crippen molar-refractivity contribution in [2.45, 2.75) is 38.3 Å². The molecule has 1 aromatic rings. The van der Waals surface area contributed by atoms with Gasteiger partial charge in [0.05, 0.1) is 18.6 Å². The average Bonchev–Trinajstić information content (AvgIpc) is 2.85. The monoisotopic (exact) mass is 197 g/mol.